The summed E-state index contributed by atoms with van der Waals surface area (Å²) in [6.45, 7) is 0.533. The van der Waals surface area contributed by atoms with Crippen molar-refractivity contribution in [1.82, 2.24) is 5.32 Å². The molecule has 40 heavy (non-hydrogen) atoms. The molecule has 0 saturated carbocycles. The number of carbonyl (C=O) groups is 3. The van der Waals surface area contributed by atoms with Crippen LogP contribution in [0.15, 0.2) is 60.7 Å². The van der Waals surface area contributed by atoms with Gasteiger partial charge in [-0.1, -0.05) is 11.8 Å². The molecule has 0 aliphatic carbocycles. The minimum absolute atomic E-state index is 0.00652. The molecule has 0 radical (unpaired) electrons. The highest BCUT2D eigenvalue weighted by atomic mass is 19.2. The highest BCUT2D eigenvalue weighted by Crippen LogP contribution is 2.17. The predicted molar refractivity (Wildman–Crippen MR) is 142 cm³/mol. The topological polar surface area (TPSA) is 116 Å². The number of rotatable bonds is 10. The number of halogens is 3. The van der Waals surface area contributed by atoms with Gasteiger partial charge >= 0.3 is 0 Å². The van der Waals surface area contributed by atoms with Crippen LogP contribution in [-0.2, 0) is 16.0 Å². The number of ketones is 1. The molecule has 7 nitrogen and oxygen atoms in total. The largest absolute Gasteiger partial charge is 0.391 e. The van der Waals surface area contributed by atoms with E-state index in [0.717, 1.165) is 6.07 Å². The number of anilines is 1. The molecule has 10 heteroatoms. The van der Waals surface area contributed by atoms with Crippen LogP contribution < -0.4 is 10.6 Å². The molecule has 2 atom stereocenters. The number of Topliss-reactive ketones (excluding diaryl/α,β-unsaturated/α-hetero) is 1. The molecule has 0 aromatic heterocycles. The van der Waals surface area contributed by atoms with Crippen molar-refractivity contribution in [2.24, 2.45) is 0 Å². The Bertz CT molecular complexity index is 1430. The molecule has 0 aliphatic heterocycles. The lowest BCUT2D eigenvalue weighted by Gasteiger charge is -2.19. The second kappa shape index (κ2) is 14.1. The van der Waals surface area contributed by atoms with E-state index in [4.69, 9.17) is 5.11 Å². The van der Waals surface area contributed by atoms with Crippen molar-refractivity contribution in [2.75, 3.05) is 11.9 Å². The van der Waals surface area contributed by atoms with Crippen molar-refractivity contribution in [3.05, 3.63) is 100 Å². The number of aryl methyl sites for hydroxylation is 1. The van der Waals surface area contributed by atoms with E-state index in [1.54, 1.807) is 36.4 Å². The predicted octanol–water partition coefficient (Wildman–Crippen LogP) is 3.51. The van der Waals surface area contributed by atoms with Crippen molar-refractivity contribution in [3.63, 3.8) is 0 Å². The fraction of sp³-hybridized carbons (Fsp3) is 0.233. The van der Waals surface area contributed by atoms with Crippen molar-refractivity contribution in [3.8, 4) is 11.8 Å². The van der Waals surface area contributed by atoms with E-state index >= 15 is 0 Å². The smallest absolute Gasteiger partial charge is 0.251 e. The molecule has 3 aromatic carbocycles. The molecule has 0 aliphatic rings. The van der Waals surface area contributed by atoms with Gasteiger partial charge in [-0.05, 0) is 79.9 Å². The highest BCUT2D eigenvalue weighted by Gasteiger charge is 2.25. The summed E-state index contributed by atoms with van der Waals surface area (Å²) in [5.41, 5.74) is 2.06. The normalized spacial score (nSPS) is 12.1. The maximum atomic E-state index is 13.7. The number of carbonyl (C=O) groups excluding carboxylic acids is 3. The van der Waals surface area contributed by atoms with E-state index < -0.39 is 47.9 Å². The van der Waals surface area contributed by atoms with Crippen molar-refractivity contribution in [2.45, 2.75) is 38.3 Å². The molecule has 0 heterocycles. The van der Waals surface area contributed by atoms with Crippen LogP contribution in [0.25, 0.3) is 0 Å². The third kappa shape index (κ3) is 8.53. The quantitative estimate of drug-likeness (QED) is 0.227. The van der Waals surface area contributed by atoms with Crippen molar-refractivity contribution >= 4 is 23.3 Å². The number of aliphatic hydroxyl groups excluding tert-OH is 2. The first-order valence-electron chi connectivity index (χ1n) is 12.3. The molecule has 3 rings (SSSR count). The zero-order valence-corrected chi connectivity index (χ0v) is 21.5. The van der Waals surface area contributed by atoms with Gasteiger partial charge in [0.25, 0.3) is 5.91 Å². The first kappa shape index (κ1) is 30.1. The Morgan fingerprint density at radius 2 is 1.45 bits per heavy atom. The average Bonchev–Trinajstić information content (AvgIpc) is 2.93. The molecule has 0 spiro atoms. The zero-order chi connectivity index (χ0) is 29.2. The Hall–Kier alpha value is -4.46. The molecule has 0 bridgehead atoms. The maximum absolute atomic E-state index is 13.7. The Balaban J connectivity index is 1.51. The Morgan fingerprint density at radius 1 is 0.875 bits per heavy atom. The van der Waals surface area contributed by atoms with Crippen LogP contribution in [0.1, 0.15) is 46.8 Å². The Labute approximate surface area is 229 Å². The lowest BCUT2D eigenvalue weighted by molar-refractivity contribution is -0.126. The summed E-state index contributed by atoms with van der Waals surface area (Å²) < 4.78 is 40.0. The molecule has 4 N–H and O–H groups in total. The summed E-state index contributed by atoms with van der Waals surface area (Å²) in [5.74, 6) is 1.08. The van der Waals surface area contributed by atoms with Gasteiger partial charge in [-0.3, -0.25) is 14.4 Å². The van der Waals surface area contributed by atoms with Crippen LogP contribution in [0, 0.1) is 29.3 Å². The molecule has 0 fully saturated rings. The number of amides is 2. The summed E-state index contributed by atoms with van der Waals surface area (Å²) in [6.07, 6.45) is -0.771. The van der Waals surface area contributed by atoms with Gasteiger partial charge in [0.1, 0.15) is 18.5 Å². The fourth-order valence-corrected chi connectivity index (χ4v) is 3.70. The van der Waals surface area contributed by atoms with Crippen molar-refractivity contribution < 1.29 is 37.8 Å². The number of benzene rings is 3. The minimum atomic E-state index is -1.26. The van der Waals surface area contributed by atoms with Crippen molar-refractivity contribution in [1.29, 1.82) is 0 Å². The molecular weight excluding hydrogens is 525 g/mol. The van der Waals surface area contributed by atoms with Gasteiger partial charge in [0.2, 0.25) is 5.91 Å². The molecule has 208 valence electrons. The van der Waals surface area contributed by atoms with Gasteiger partial charge in [-0.15, -0.1) is 0 Å². The van der Waals surface area contributed by atoms with E-state index in [1.165, 1.54) is 19.1 Å². The second-order valence-electron chi connectivity index (χ2n) is 8.98. The number of aliphatic hydroxyl groups is 2. The van der Waals surface area contributed by atoms with Gasteiger partial charge in [-0.2, -0.15) is 0 Å². The van der Waals surface area contributed by atoms with E-state index in [1.807, 2.05) is 0 Å². The third-order valence-electron chi connectivity index (χ3n) is 5.88. The number of hydrogen-bond donors (Lipinski definition) is 4. The van der Waals surface area contributed by atoms with Crippen LogP contribution >= 0.6 is 0 Å². The molecule has 0 saturated heterocycles. The summed E-state index contributed by atoms with van der Waals surface area (Å²) in [5, 5.41) is 23.8. The van der Waals surface area contributed by atoms with Gasteiger partial charge in [0, 0.05) is 34.9 Å². The molecule has 3 aromatic rings. The number of hydrogen-bond acceptors (Lipinski definition) is 5. The lowest BCUT2D eigenvalue weighted by Crippen LogP contribution is -2.48. The first-order valence-corrected chi connectivity index (χ1v) is 12.3. The molecular formula is C30H27F3N2O5. The van der Waals surface area contributed by atoms with E-state index in [-0.39, 0.29) is 36.3 Å². The van der Waals surface area contributed by atoms with Gasteiger partial charge < -0.3 is 20.8 Å². The summed E-state index contributed by atoms with van der Waals surface area (Å²) >= 11 is 0. The summed E-state index contributed by atoms with van der Waals surface area (Å²) in [4.78, 5) is 36.3. The van der Waals surface area contributed by atoms with Crippen LogP contribution in [0.3, 0.4) is 0 Å². The SMILES string of the molecule is C[C@@H](O)[C@H](NC(=O)c1ccc(C#Cc2ccc(NC(=O)CCCc3cc(F)c(F)cc3F)cc2)cc1)C(=O)CO. The minimum Gasteiger partial charge on any atom is -0.391 e. The average molecular weight is 553 g/mol. The highest BCUT2D eigenvalue weighted by molar-refractivity contribution is 5.98. The van der Waals surface area contributed by atoms with E-state index in [9.17, 15) is 32.7 Å². The number of nitrogens with one attached hydrogen (secondary N) is 2. The zero-order valence-electron chi connectivity index (χ0n) is 21.5. The maximum Gasteiger partial charge on any atom is 0.251 e. The standard InChI is InChI=1S/C30H27F3N2O5/c1-18(37)29(27(38)17-36)35-30(40)21-11-7-19(8-12-21)5-6-20-9-13-23(14-10-20)34-28(39)4-2-3-22-15-25(32)26(33)16-24(22)31/h7-16,18,29,36-37H,2-4,17H2,1H3,(H,34,39)(H,35,40)/t18-,29+/m1/s1. The second-order valence-corrected chi connectivity index (χ2v) is 8.98. The molecule has 2 amide bonds. The summed E-state index contributed by atoms with van der Waals surface area (Å²) in [7, 11) is 0. The van der Waals surface area contributed by atoms with E-state index in [0.29, 0.717) is 22.9 Å². The van der Waals surface area contributed by atoms with Gasteiger partial charge in [-0.25, -0.2) is 13.2 Å². The fourth-order valence-electron chi connectivity index (χ4n) is 3.70. The first-order chi connectivity index (χ1) is 19.1. The van der Waals surface area contributed by atoms with Gasteiger partial charge in [0.15, 0.2) is 17.4 Å². The Kier molecular flexibility index (Phi) is 10.6. The monoisotopic (exact) mass is 552 g/mol. The molecule has 0 unspecified atom stereocenters. The third-order valence-corrected chi connectivity index (χ3v) is 5.88. The van der Waals surface area contributed by atoms with Gasteiger partial charge in [0.05, 0.1) is 6.10 Å². The Morgan fingerprint density at radius 3 is 2.02 bits per heavy atom. The lowest BCUT2D eigenvalue weighted by atomic mass is 10.1. The van der Waals surface area contributed by atoms with Crippen LogP contribution in [-0.4, -0.2) is 46.6 Å². The van der Waals surface area contributed by atoms with E-state index in [2.05, 4.69) is 22.5 Å². The van der Waals surface area contributed by atoms with Crippen LogP contribution in [0.5, 0.6) is 0 Å². The van der Waals surface area contributed by atoms with Crippen LogP contribution in [0.4, 0.5) is 18.9 Å². The summed E-state index contributed by atoms with van der Waals surface area (Å²) in [6, 6.07) is 13.1. The van der Waals surface area contributed by atoms with Crippen LogP contribution in [0.2, 0.25) is 0 Å².